The molecule has 0 aromatic heterocycles. The summed E-state index contributed by atoms with van der Waals surface area (Å²) in [4.78, 5) is 1.41. The van der Waals surface area contributed by atoms with Crippen molar-refractivity contribution in [2.24, 2.45) is 11.8 Å². The van der Waals surface area contributed by atoms with E-state index in [4.69, 9.17) is 0 Å². The fraction of sp³-hybridized carbons (Fsp3) is 0.714. The van der Waals surface area contributed by atoms with Crippen LogP contribution in [0.25, 0.3) is 0 Å². The zero-order valence-corrected chi connectivity index (χ0v) is 5.91. The third-order valence-electron chi connectivity index (χ3n) is 2.56. The number of rotatable bonds is 0. The van der Waals surface area contributed by atoms with E-state index in [0.717, 1.165) is 11.8 Å². The molecule has 2 atom stereocenters. The fourth-order valence-corrected chi connectivity index (χ4v) is 2.58. The van der Waals surface area contributed by atoms with Crippen LogP contribution in [0.4, 0.5) is 0 Å². The molecule has 3 aliphatic carbocycles. The van der Waals surface area contributed by atoms with Crippen LogP contribution in [0.5, 0.6) is 0 Å². The van der Waals surface area contributed by atoms with Crippen molar-refractivity contribution >= 4 is 12.6 Å². The van der Waals surface area contributed by atoms with Gasteiger partial charge in [0.2, 0.25) is 0 Å². The van der Waals surface area contributed by atoms with E-state index in [-0.39, 0.29) is 0 Å². The van der Waals surface area contributed by atoms with Gasteiger partial charge in [-0.05, 0) is 29.6 Å². The van der Waals surface area contributed by atoms with Crippen molar-refractivity contribution in [2.45, 2.75) is 19.8 Å². The average molecular weight is 126 g/mol. The Morgan fingerprint density at radius 3 is 2.50 bits per heavy atom. The molecule has 3 rings (SSSR count). The lowest BCUT2D eigenvalue weighted by Gasteiger charge is -2.27. The van der Waals surface area contributed by atoms with Crippen molar-refractivity contribution in [3.05, 3.63) is 10.5 Å². The second-order valence-corrected chi connectivity index (χ2v) is 3.33. The highest BCUT2D eigenvalue weighted by Gasteiger charge is 2.40. The maximum Gasteiger partial charge on any atom is -0.00384 e. The Hall–Kier alpha value is 0.0900. The lowest BCUT2D eigenvalue weighted by Crippen LogP contribution is -2.16. The summed E-state index contributed by atoms with van der Waals surface area (Å²) in [6.45, 7) is 2.31. The van der Waals surface area contributed by atoms with E-state index in [2.05, 4.69) is 19.6 Å². The van der Waals surface area contributed by atoms with Gasteiger partial charge in [-0.25, -0.2) is 0 Å². The van der Waals surface area contributed by atoms with Gasteiger partial charge >= 0.3 is 0 Å². The van der Waals surface area contributed by atoms with Gasteiger partial charge in [0.1, 0.15) is 0 Å². The number of thiol groups is 1. The minimum atomic E-state index is 0.869. The third-order valence-corrected chi connectivity index (χ3v) is 3.18. The molecule has 1 heteroatoms. The number of allylic oxidation sites excluding steroid dienone is 2. The summed E-state index contributed by atoms with van der Waals surface area (Å²) in [6, 6.07) is 0. The molecule has 2 bridgehead atoms. The van der Waals surface area contributed by atoms with Gasteiger partial charge in [0.05, 0.1) is 0 Å². The Labute approximate surface area is 55.4 Å². The molecule has 1 fully saturated rings. The van der Waals surface area contributed by atoms with Crippen LogP contribution in [-0.4, -0.2) is 0 Å². The molecule has 44 valence electrons. The topological polar surface area (TPSA) is 0 Å². The van der Waals surface area contributed by atoms with Gasteiger partial charge in [0.15, 0.2) is 0 Å². The van der Waals surface area contributed by atoms with Crippen molar-refractivity contribution in [3.63, 3.8) is 0 Å². The molecule has 0 aliphatic heterocycles. The van der Waals surface area contributed by atoms with Crippen LogP contribution in [0.3, 0.4) is 0 Å². The van der Waals surface area contributed by atoms with E-state index in [1.165, 1.54) is 17.7 Å². The van der Waals surface area contributed by atoms with Gasteiger partial charge in [-0.15, -0.1) is 12.6 Å². The first-order valence-electron chi connectivity index (χ1n) is 3.22. The summed E-state index contributed by atoms with van der Waals surface area (Å²) < 4.78 is 0. The summed E-state index contributed by atoms with van der Waals surface area (Å²) in [6.07, 6.45) is 2.72. The standard InChI is InChI=1S/C7H10S/c1-4-5-2-3-6(4)7(5)8/h4-5,8H,2-3H2,1H3. The fourth-order valence-electron chi connectivity index (χ4n) is 1.91. The number of hydrogen-bond acceptors (Lipinski definition) is 1. The molecule has 0 aromatic carbocycles. The normalized spacial score (nSPS) is 42.8. The third kappa shape index (κ3) is 0.355. The molecule has 0 heterocycles. The van der Waals surface area contributed by atoms with Crippen molar-refractivity contribution in [1.82, 2.24) is 0 Å². The van der Waals surface area contributed by atoms with E-state index in [1.807, 2.05) is 0 Å². The monoisotopic (exact) mass is 126 g/mol. The smallest absolute Gasteiger partial charge is 0.00384 e. The average Bonchev–Trinajstić information content (AvgIpc) is 2.26. The van der Waals surface area contributed by atoms with E-state index in [9.17, 15) is 0 Å². The predicted octanol–water partition coefficient (Wildman–Crippen LogP) is 2.23. The highest BCUT2D eigenvalue weighted by molar-refractivity contribution is 7.84. The van der Waals surface area contributed by atoms with Crippen LogP contribution < -0.4 is 0 Å². The lowest BCUT2D eigenvalue weighted by atomic mass is 9.84. The molecule has 0 N–H and O–H groups in total. The molecule has 0 spiro atoms. The largest absolute Gasteiger partial charge is 0.148 e. The first kappa shape index (κ1) is 4.92. The second kappa shape index (κ2) is 1.32. The molecule has 3 aliphatic rings. The Morgan fingerprint density at radius 2 is 2.38 bits per heavy atom. The van der Waals surface area contributed by atoms with E-state index in [1.54, 1.807) is 5.57 Å². The molecular weight excluding hydrogens is 116 g/mol. The first-order chi connectivity index (χ1) is 3.80. The van der Waals surface area contributed by atoms with E-state index in [0.29, 0.717) is 0 Å². The van der Waals surface area contributed by atoms with Gasteiger partial charge in [0, 0.05) is 0 Å². The van der Waals surface area contributed by atoms with Crippen molar-refractivity contribution in [1.29, 1.82) is 0 Å². The molecule has 0 aromatic rings. The molecule has 0 amide bonds. The van der Waals surface area contributed by atoms with E-state index < -0.39 is 0 Å². The quantitative estimate of drug-likeness (QED) is 0.473. The highest BCUT2D eigenvalue weighted by Crippen LogP contribution is 2.54. The first-order valence-corrected chi connectivity index (χ1v) is 3.67. The molecule has 0 saturated heterocycles. The van der Waals surface area contributed by atoms with Gasteiger partial charge in [-0.2, -0.15) is 0 Å². The molecule has 2 unspecified atom stereocenters. The zero-order chi connectivity index (χ0) is 5.72. The maximum atomic E-state index is 4.38. The minimum Gasteiger partial charge on any atom is -0.148 e. The van der Waals surface area contributed by atoms with Crippen molar-refractivity contribution in [2.75, 3.05) is 0 Å². The Balaban J connectivity index is 2.37. The molecular formula is C7H10S. The second-order valence-electron chi connectivity index (χ2n) is 2.84. The van der Waals surface area contributed by atoms with Crippen LogP contribution in [0.1, 0.15) is 19.8 Å². The summed E-state index contributed by atoms with van der Waals surface area (Å²) >= 11 is 4.38. The summed E-state index contributed by atoms with van der Waals surface area (Å²) in [5.74, 6) is 1.76. The summed E-state index contributed by atoms with van der Waals surface area (Å²) in [5.41, 5.74) is 1.64. The summed E-state index contributed by atoms with van der Waals surface area (Å²) in [7, 11) is 0. The highest BCUT2D eigenvalue weighted by atomic mass is 32.1. The lowest BCUT2D eigenvalue weighted by molar-refractivity contribution is 0.490. The SMILES string of the molecule is CC1C2=C(S)C1CC2. The number of hydrogen-bond donors (Lipinski definition) is 1. The summed E-state index contributed by atoms with van der Waals surface area (Å²) in [5, 5.41) is 0. The maximum absolute atomic E-state index is 4.38. The zero-order valence-electron chi connectivity index (χ0n) is 5.02. The van der Waals surface area contributed by atoms with Gasteiger partial charge in [-0.1, -0.05) is 12.5 Å². The van der Waals surface area contributed by atoms with Crippen LogP contribution >= 0.6 is 12.6 Å². The van der Waals surface area contributed by atoms with Crippen LogP contribution in [0, 0.1) is 11.8 Å². The van der Waals surface area contributed by atoms with Crippen LogP contribution in [0.15, 0.2) is 10.5 Å². The van der Waals surface area contributed by atoms with Gasteiger partial charge in [0.25, 0.3) is 0 Å². The van der Waals surface area contributed by atoms with Crippen molar-refractivity contribution < 1.29 is 0 Å². The molecule has 1 saturated carbocycles. The minimum absolute atomic E-state index is 0.869. The molecule has 8 heavy (non-hydrogen) atoms. The number of fused-ring (bicyclic) bond motifs is 1. The predicted molar refractivity (Wildman–Crippen MR) is 37.9 cm³/mol. The van der Waals surface area contributed by atoms with Gasteiger partial charge in [-0.3, -0.25) is 0 Å². The van der Waals surface area contributed by atoms with Crippen LogP contribution in [0.2, 0.25) is 0 Å². The van der Waals surface area contributed by atoms with Crippen molar-refractivity contribution in [3.8, 4) is 0 Å². The van der Waals surface area contributed by atoms with Crippen LogP contribution in [-0.2, 0) is 0 Å². The van der Waals surface area contributed by atoms with E-state index >= 15 is 0 Å². The Morgan fingerprint density at radius 1 is 1.62 bits per heavy atom. The molecule has 0 radical (unpaired) electrons. The molecule has 0 nitrogen and oxygen atoms in total. The Kier molecular flexibility index (Phi) is 0.815. The van der Waals surface area contributed by atoms with Gasteiger partial charge < -0.3 is 0 Å². The Bertz CT molecular complexity index is 158.